The van der Waals surface area contributed by atoms with Crippen molar-refractivity contribution in [2.24, 2.45) is 0 Å². The van der Waals surface area contributed by atoms with Gasteiger partial charge in [0.05, 0.1) is 18.2 Å². The van der Waals surface area contributed by atoms with Gasteiger partial charge < -0.3 is 4.74 Å². The average molecular weight is 305 g/mol. The first kappa shape index (κ1) is 16.8. The Hall–Kier alpha value is -2.53. The Labute approximate surface area is 139 Å². The van der Waals surface area contributed by atoms with Gasteiger partial charge in [0, 0.05) is 0 Å². The van der Waals surface area contributed by atoms with E-state index in [2.05, 4.69) is 37.3 Å². The number of ether oxygens (including phenoxy) is 1. The topological polar surface area (TPSA) is 33.0 Å². The zero-order valence-corrected chi connectivity index (χ0v) is 13.9. The summed E-state index contributed by atoms with van der Waals surface area (Å²) in [6, 6.07) is 18.4. The Kier molecular flexibility index (Phi) is 6.44. The molecule has 0 aliphatic carbocycles. The molecule has 0 atom stereocenters. The van der Waals surface area contributed by atoms with Crippen LogP contribution in [0.15, 0.2) is 48.5 Å². The Morgan fingerprint density at radius 2 is 1.74 bits per heavy atom. The van der Waals surface area contributed by atoms with Gasteiger partial charge in [-0.3, -0.25) is 0 Å². The highest BCUT2D eigenvalue weighted by atomic mass is 16.5. The van der Waals surface area contributed by atoms with Crippen molar-refractivity contribution >= 4 is 11.6 Å². The van der Waals surface area contributed by atoms with Gasteiger partial charge in [0.25, 0.3) is 0 Å². The molecule has 0 aromatic heterocycles. The molecule has 0 heterocycles. The molecular formula is C21H23NO. The number of nitriles is 1. The molecule has 2 aromatic carbocycles. The van der Waals surface area contributed by atoms with Crippen LogP contribution in [0.4, 0.5) is 0 Å². The van der Waals surface area contributed by atoms with E-state index in [1.54, 1.807) is 0 Å². The maximum Gasteiger partial charge on any atom is 0.119 e. The molecule has 0 aliphatic heterocycles. The standard InChI is InChI=1S/C21H23NO/c1-3-5-6-17-7-9-18(10-8-17)15-20(16-22)19-11-13-21(14-12-19)23-4-2/h7-15H,3-6H2,1-2H3. The molecule has 0 bridgehead atoms. The van der Waals surface area contributed by atoms with Crippen molar-refractivity contribution in [2.75, 3.05) is 6.61 Å². The first-order valence-corrected chi connectivity index (χ1v) is 8.20. The second-order valence-corrected chi connectivity index (χ2v) is 5.47. The molecule has 0 N–H and O–H groups in total. The molecule has 0 aliphatic rings. The van der Waals surface area contributed by atoms with Crippen molar-refractivity contribution < 1.29 is 4.74 Å². The Balaban J connectivity index is 2.16. The first-order chi connectivity index (χ1) is 11.3. The van der Waals surface area contributed by atoms with Gasteiger partial charge in [-0.2, -0.15) is 5.26 Å². The van der Waals surface area contributed by atoms with E-state index in [1.165, 1.54) is 18.4 Å². The number of rotatable bonds is 7. The van der Waals surface area contributed by atoms with Crippen LogP contribution in [-0.2, 0) is 6.42 Å². The minimum atomic E-state index is 0.644. The van der Waals surface area contributed by atoms with Crippen molar-refractivity contribution in [2.45, 2.75) is 33.1 Å². The van der Waals surface area contributed by atoms with Crippen molar-refractivity contribution in [3.05, 3.63) is 65.2 Å². The van der Waals surface area contributed by atoms with E-state index in [4.69, 9.17) is 4.74 Å². The predicted molar refractivity (Wildman–Crippen MR) is 96.1 cm³/mol. The summed E-state index contributed by atoms with van der Waals surface area (Å²) in [6.07, 6.45) is 5.46. The third-order valence-corrected chi connectivity index (χ3v) is 3.71. The molecule has 0 saturated carbocycles. The summed E-state index contributed by atoms with van der Waals surface area (Å²) in [4.78, 5) is 0. The van der Waals surface area contributed by atoms with Crippen molar-refractivity contribution in [1.29, 1.82) is 5.26 Å². The van der Waals surface area contributed by atoms with Crippen LogP contribution >= 0.6 is 0 Å². The number of allylic oxidation sites excluding steroid dienone is 1. The zero-order valence-electron chi connectivity index (χ0n) is 13.9. The van der Waals surface area contributed by atoms with E-state index in [1.807, 2.05) is 37.3 Å². The molecule has 0 radical (unpaired) electrons. The van der Waals surface area contributed by atoms with Crippen molar-refractivity contribution in [1.82, 2.24) is 0 Å². The lowest BCUT2D eigenvalue weighted by atomic mass is 10.0. The summed E-state index contributed by atoms with van der Waals surface area (Å²) in [6.45, 7) is 4.80. The van der Waals surface area contributed by atoms with E-state index in [0.29, 0.717) is 12.2 Å². The molecule has 0 unspecified atom stereocenters. The molecule has 2 aromatic rings. The number of hydrogen-bond acceptors (Lipinski definition) is 2. The van der Waals surface area contributed by atoms with Crippen LogP contribution in [0.2, 0.25) is 0 Å². The smallest absolute Gasteiger partial charge is 0.119 e. The van der Waals surface area contributed by atoms with Crippen LogP contribution in [0.3, 0.4) is 0 Å². The third kappa shape index (κ3) is 5.00. The van der Waals surface area contributed by atoms with Crippen LogP contribution in [0, 0.1) is 11.3 Å². The van der Waals surface area contributed by atoms with Gasteiger partial charge in [0.2, 0.25) is 0 Å². The fraction of sp³-hybridized carbons (Fsp3) is 0.286. The number of hydrogen-bond donors (Lipinski definition) is 0. The minimum absolute atomic E-state index is 0.644. The zero-order chi connectivity index (χ0) is 16.5. The van der Waals surface area contributed by atoms with Gasteiger partial charge >= 0.3 is 0 Å². The summed E-state index contributed by atoms with van der Waals surface area (Å²) in [7, 11) is 0. The van der Waals surface area contributed by atoms with Crippen LogP contribution < -0.4 is 4.74 Å². The summed E-state index contributed by atoms with van der Waals surface area (Å²) in [5.74, 6) is 0.828. The van der Waals surface area contributed by atoms with E-state index < -0.39 is 0 Å². The molecule has 0 amide bonds. The number of unbranched alkanes of at least 4 members (excludes halogenated alkanes) is 1. The van der Waals surface area contributed by atoms with Crippen LogP contribution in [-0.4, -0.2) is 6.61 Å². The number of benzene rings is 2. The van der Waals surface area contributed by atoms with E-state index >= 15 is 0 Å². The highest BCUT2D eigenvalue weighted by molar-refractivity contribution is 5.89. The second-order valence-electron chi connectivity index (χ2n) is 5.47. The SMILES string of the molecule is CCCCc1ccc(C=C(C#N)c2ccc(OCC)cc2)cc1. The largest absolute Gasteiger partial charge is 0.494 e. The van der Waals surface area contributed by atoms with Crippen molar-refractivity contribution in [3.8, 4) is 11.8 Å². The molecule has 0 fully saturated rings. The molecule has 2 heteroatoms. The monoisotopic (exact) mass is 305 g/mol. The van der Waals surface area contributed by atoms with E-state index in [9.17, 15) is 5.26 Å². The number of nitrogens with zero attached hydrogens (tertiary/aromatic N) is 1. The van der Waals surface area contributed by atoms with E-state index in [-0.39, 0.29) is 0 Å². The van der Waals surface area contributed by atoms with Gasteiger partial charge in [-0.1, -0.05) is 37.6 Å². The molecule has 118 valence electrons. The Morgan fingerprint density at radius 1 is 1.04 bits per heavy atom. The maximum atomic E-state index is 9.43. The molecule has 23 heavy (non-hydrogen) atoms. The first-order valence-electron chi connectivity index (χ1n) is 8.20. The van der Waals surface area contributed by atoms with Gasteiger partial charge in [-0.15, -0.1) is 0 Å². The van der Waals surface area contributed by atoms with Gasteiger partial charge in [-0.05, 0) is 66.8 Å². The van der Waals surface area contributed by atoms with E-state index in [0.717, 1.165) is 23.3 Å². The summed E-state index contributed by atoms with van der Waals surface area (Å²) < 4.78 is 5.44. The molecule has 0 spiro atoms. The van der Waals surface area contributed by atoms with Crippen LogP contribution in [0.25, 0.3) is 11.6 Å². The summed E-state index contributed by atoms with van der Waals surface area (Å²) in [5.41, 5.74) is 3.97. The fourth-order valence-electron chi connectivity index (χ4n) is 2.41. The second kappa shape index (κ2) is 8.80. The molecule has 2 rings (SSSR count). The lowest BCUT2D eigenvalue weighted by Gasteiger charge is -2.05. The maximum absolute atomic E-state index is 9.43. The quantitative estimate of drug-likeness (QED) is 0.500. The molecule has 0 saturated heterocycles. The van der Waals surface area contributed by atoms with Gasteiger partial charge in [-0.25, -0.2) is 0 Å². The van der Waals surface area contributed by atoms with Gasteiger partial charge in [0.15, 0.2) is 0 Å². The predicted octanol–water partition coefficient (Wildman–Crippen LogP) is 5.49. The Morgan fingerprint density at radius 3 is 2.30 bits per heavy atom. The van der Waals surface area contributed by atoms with Gasteiger partial charge in [0.1, 0.15) is 5.75 Å². The average Bonchev–Trinajstić information content (AvgIpc) is 2.60. The highest BCUT2D eigenvalue weighted by Crippen LogP contribution is 2.21. The normalized spacial score (nSPS) is 11.1. The number of aryl methyl sites for hydroxylation is 1. The minimum Gasteiger partial charge on any atom is -0.494 e. The third-order valence-electron chi connectivity index (χ3n) is 3.71. The lowest BCUT2D eigenvalue weighted by Crippen LogP contribution is -1.91. The fourth-order valence-corrected chi connectivity index (χ4v) is 2.41. The lowest BCUT2D eigenvalue weighted by molar-refractivity contribution is 0.340. The molecular weight excluding hydrogens is 282 g/mol. The Bertz CT molecular complexity index is 675. The summed E-state index contributed by atoms with van der Waals surface area (Å²) in [5, 5.41) is 9.43. The highest BCUT2D eigenvalue weighted by Gasteiger charge is 2.02. The van der Waals surface area contributed by atoms with Crippen LogP contribution in [0.1, 0.15) is 43.4 Å². The van der Waals surface area contributed by atoms with Crippen LogP contribution in [0.5, 0.6) is 5.75 Å². The van der Waals surface area contributed by atoms with Crippen molar-refractivity contribution in [3.63, 3.8) is 0 Å². The summed E-state index contributed by atoms with van der Waals surface area (Å²) >= 11 is 0. The molecule has 2 nitrogen and oxygen atoms in total.